The normalized spacial score (nSPS) is 12.1. The van der Waals surface area contributed by atoms with E-state index in [0.717, 1.165) is 33.2 Å². The van der Waals surface area contributed by atoms with E-state index in [1.165, 1.54) is 5.19 Å². The molecule has 0 fully saturated rings. The standard InChI is InChI=1S/C19H18N2OSi/c1-23(2,3)13-8-9-17(21-10-13)16-12-20-11-15-14-6-4-5-7-18(14)22-19(15)16/h4-12H,1-3H3. The Morgan fingerprint density at radius 2 is 1.70 bits per heavy atom. The Kier molecular flexibility index (Phi) is 3.09. The molecule has 0 spiro atoms. The van der Waals surface area contributed by atoms with Crippen LogP contribution >= 0.6 is 0 Å². The SMILES string of the molecule is C[Si](C)(C)c1ccc(-c2cncc3c2oc2ccccc23)nc1. The average Bonchev–Trinajstić information content (AvgIpc) is 2.93. The van der Waals surface area contributed by atoms with Crippen molar-refractivity contribution in [2.75, 3.05) is 0 Å². The van der Waals surface area contributed by atoms with Crippen LogP contribution in [0.25, 0.3) is 33.2 Å². The van der Waals surface area contributed by atoms with Gasteiger partial charge in [-0.3, -0.25) is 9.97 Å². The van der Waals surface area contributed by atoms with Crippen molar-refractivity contribution in [2.24, 2.45) is 0 Å². The summed E-state index contributed by atoms with van der Waals surface area (Å²) in [4.78, 5) is 9.06. The molecule has 3 aromatic heterocycles. The van der Waals surface area contributed by atoms with E-state index >= 15 is 0 Å². The van der Waals surface area contributed by atoms with Crippen LogP contribution in [0.1, 0.15) is 0 Å². The zero-order chi connectivity index (χ0) is 16.0. The van der Waals surface area contributed by atoms with Gasteiger partial charge in [0.2, 0.25) is 0 Å². The monoisotopic (exact) mass is 318 g/mol. The Morgan fingerprint density at radius 1 is 0.870 bits per heavy atom. The second kappa shape index (κ2) is 5.03. The highest BCUT2D eigenvalue weighted by atomic mass is 28.3. The molecule has 4 heteroatoms. The molecule has 0 bridgehead atoms. The van der Waals surface area contributed by atoms with E-state index in [0.29, 0.717) is 0 Å². The molecule has 0 radical (unpaired) electrons. The maximum absolute atomic E-state index is 6.06. The van der Waals surface area contributed by atoms with Crippen LogP contribution in [0.15, 0.2) is 59.4 Å². The van der Waals surface area contributed by atoms with E-state index in [9.17, 15) is 0 Å². The highest BCUT2D eigenvalue weighted by molar-refractivity contribution is 6.88. The van der Waals surface area contributed by atoms with Crippen molar-refractivity contribution in [1.82, 2.24) is 9.97 Å². The van der Waals surface area contributed by atoms with E-state index < -0.39 is 8.07 Å². The van der Waals surface area contributed by atoms with E-state index in [1.54, 1.807) is 0 Å². The van der Waals surface area contributed by atoms with Crippen molar-refractivity contribution >= 4 is 35.2 Å². The average molecular weight is 318 g/mol. The summed E-state index contributed by atoms with van der Waals surface area (Å²) in [6.45, 7) is 6.97. The first-order valence-corrected chi connectivity index (χ1v) is 11.3. The van der Waals surface area contributed by atoms with E-state index in [1.807, 2.05) is 36.8 Å². The molecule has 0 amide bonds. The van der Waals surface area contributed by atoms with Crippen LogP contribution in [-0.2, 0) is 0 Å². The molecule has 114 valence electrons. The number of nitrogens with zero attached hydrogens (tertiary/aromatic N) is 2. The summed E-state index contributed by atoms with van der Waals surface area (Å²) in [5.74, 6) is 0. The number of benzene rings is 1. The summed E-state index contributed by atoms with van der Waals surface area (Å²) in [5.41, 5.74) is 3.59. The van der Waals surface area contributed by atoms with Crippen molar-refractivity contribution in [3.8, 4) is 11.3 Å². The molecule has 0 aliphatic carbocycles. The highest BCUT2D eigenvalue weighted by Gasteiger charge is 2.18. The van der Waals surface area contributed by atoms with Crippen molar-refractivity contribution in [3.63, 3.8) is 0 Å². The molecule has 0 aliphatic rings. The van der Waals surface area contributed by atoms with Gasteiger partial charge in [0.15, 0.2) is 0 Å². The first-order chi connectivity index (χ1) is 11.0. The zero-order valence-electron chi connectivity index (χ0n) is 13.5. The van der Waals surface area contributed by atoms with Crippen LogP contribution in [0.5, 0.6) is 0 Å². The van der Waals surface area contributed by atoms with Crippen molar-refractivity contribution in [1.29, 1.82) is 0 Å². The largest absolute Gasteiger partial charge is 0.455 e. The van der Waals surface area contributed by atoms with Crippen LogP contribution in [0.4, 0.5) is 0 Å². The summed E-state index contributed by atoms with van der Waals surface area (Å²) < 4.78 is 6.06. The quantitative estimate of drug-likeness (QED) is 0.507. The van der Waals surface area contributed by atoms with Gasteiger partial charge in [0.05, 0.1) is 19.3 Å². The number of hydrogen-bond donors (Lipinski definition) is 0. The highest BCUT2D eigenvalue weighted by Crippen LogP contribution is 2.33. The summed E-state index contributed by atoms with van der Waals surface area (Å²) >= 11 is 0. The first kappa shape index (κ1) is 14.1. The molecule has 0 saturated carbocycles. The first-order valence-electron chi connectivity index (χ1n) is 7.76. The maximum atomic E-state index is 6.06. The fourth-order valence-electron chi connectivity index (χ4n) is 2.82. The van der Waals surface area contributed by atoms with Crippen molar-refractivity contribution < 1.29 is 4.42 Å². The van der Waals surface area contributed by atoms with Crippen LogP contribution in [-0.4, -0.2) is 18.0 Å². The van der Waals surface area contributed by atoms with Crippen LogP contribution in [0.2, 0.25) is 19.6 Å². The van der Waals surface area contributed by atoms with E-state index in [-0.39, 0.29) is 0 Å². The van der Waals surface area contributed by atoms with Gasteiger partial charge < -0.3 is 4.42 Å². The Labute approximate surface area is 136 Å². The minimum absolute atomic E-state index is 0.856. The zero-order valence-corrected chi connectivity index (χ0v) is 14.5. The van der Waals surface area contributed by atoms with Crippen LogP contribution in [0.3, 0.4) is 0 Å². The van der Waals surface area contributed by atoms with Gasteiger partial charge in [-0.25, -0.2) is 0 Å². The summed E-state index contributed by atoms with van der Waals surface area (Å²) in [6, 6.07) is 12.3. The second-order valence-electron chi connectivity index (χ2n) is 6.84. The number of furan rings is 1. The summed E-state index contributed by atoms with van der Waals surface area (Å²) in [6.07, 6.45) is 5.70. The van der Waals surface area contributed by atoms with Gasteiger partial charge >= 0.3 is 0 Å². The van der Waals surface area contributed by atoms with E-state index in [2.05, 4.69) is 47.8 Å². The fourth-order valence-corrected chi connectivity index (χ4v) is 3.85. The molecular weight excluding hydrogens is 300 g/mol. The molecule has 0 unspecified atom stereocenters. The lowest BCUT2D eigenvalue weighted by atomic mass is 10.1. The van der Waals surface area contributed by atoms with Gasteiger partial charge in [0.25, 0.3) is 0 Å². The Morgan fingerprint density at radius 3 is 2.43 bits per heavy atom. The van der Waals surface area contributed by atoms with Crippen LogP contribution < -0.4 is 5.19 Å². The Balaban J connectivity index is 1.92. The third kappa shape index (κ3) is 2.35. The lowest BCUT2D eigenvalue weighted by Crippen LogP contribution is -2.37. The second-order valence-corrected chi connectivity index (χ2v) is 11.9. The van der Waals surface area contributed by atoms with E-state index in [4.69, 9.17) is 4.42 Å². The molecule has 0 N–H and O–H groups in total. The van der Waals surface area contributed by atoms with Gasteiger partial charge in [-0.05, 0) is 17.3 Å². The number of rotatable bonds is 2. The molecule has 1 aromatic carbocycles. The Bertz CT molecular complexity index is 997. The van der Waals surface area contributed by atoms with Gasteiger partial charge in [0, 0.05) is 29.4 Å². The Hall–Kier alpha value is -2.46. The fraction of sp³-hybridized carbons (Fsp3) is 0.158. The number of hydrogen-bond acceptors (Lipinski definition) is 3. The summed E-state index contributed by atoms with van der Waals surface area (Å²) in [5, 5.41) is 3.48. The van der Waals surface area contributed by atoms with Crippen molar-refractivity contribution in [2.45, 2.75) is 19.6 Å². The molecule has 4 rings (SSSR count). The number of pyridine rings is 2. The number of aromatic nitrogens is 2. The van der Waals surface area contributed by atoms with Crippen LogP contribution in [0, 0.1) is 0 Å². The van der Waals surface area contributed by atoms with Gasteiger partial charge in [-0.2, -0.15) is 0 Å². The predicted molar refractivity (Wildman–Crippen MR) is 97.7 cm³/mol. The van der Waals surface area contributed by atoms with Gasteiger partial charge in [0.1, 0.15) is 11.2 Å². The number of para-hydroxylation sites is 1. The minimum Gasteiger partial charge on any atom is -0.455 e. The molecule has 3 nitrogen and oxygen atoms in total. The third-order valence-corrected chi connectivity index (χ3v) is 6.22. The summed E-state index contributed by atoms with van der Waals surface area (Å²) in [7, 11) is -1.34. The van der Waals surface area contributed by atoms with Crippen molar-refractivity contribution in [3.05, 3.63) is 55.0 Å². The topological polar surface area (TPSA) is 38.9 Å². The number of fused-ring (bicyclic) bond motifs is 3. The minimum atomic E-state index is -1.34. The van der Waals surface area contributed by atoms with Gasteiger partial charge in [-0.1, -0.05) is 43.9 Å². The van der Waals surface area contributed by atoms with Gasteiger partial charge in [-0.15, -0.1) is 0 Å². The molecule has 0 aliphatic heterocycles. The third-order valence-electron chi connectivity index (χ3n) is 4.19. The molecule has 4 aromatic rings. The molecule has 0 atom stereocenters. The molecule has 0 saturated heterocycles. The lowest BCUT2D eigenvalue weighted by molar-refractivity contribution is 0.669. The molecule has 23 heavy (non-hydrogen) atoms. The predicted octanol–water partition coefficient (Wildman–Crippen LogP) is 4.59. The smallest absolute Gasteiger partial charge is 0.147 e. The molecule has 3 heterocycles. The lowest BCUT2D eigenvalue weighted by Gasteiger charge is -2.16. The molecular formula is C19H18N2OSi. The maximum Gasteiger partial charge on any atom is 0.147 e.